The Labute approximate surface area is 360 Å². The van der Waals surface area contributed by atoms with Crippen molar-refractivity contribution in [2.75, 3.05) is 13.2 Å². The largest absolute Gasteiger partial charge is 0.394 e. The number of unbranched alkanes of at least 4 members (excludes halogenated alkanes) is 27. The third-order valence-corrected chi connectivity index (χ3v) is 12.1. The van der Waals surface area contributed by atoms with E-state index in [1.165, 1.54) is 141 Å². The summed E-state index contributed by atoms with van der Waals surface area (Å²) in [7, 11) is 0. The van der Waals surface area contributed by atoms with Gasteiger partial charge in [-0.25, -0.2) is 0 Å². The summed E-state index contributed by atoms with van der Waals surface area (Å²) in [4.78, 5) is 13.1. The Kier molecular flexibility index (Phi) is 36.5. The van der Waals surface area contributed by atoms with E-state index in [0.29, 0.717) is 12.8 Å². The monoisotopic (exact) mass is 844 g/mol. The van der Waals surface area contributed by atoms with Crippen molar-refractivity contribution in [1.82, 2.24) is 5.32 Å². The maximum absolute atomic E-state index is 13.1. The average molecular weight is 844 g/mol. The van der Waals surface area contributed by atoms with Crippen LogP contribution in [0.1, 0.15) is 219 Å². The van der Waals surface area contributed by atoms with Crippen molar-refractivity contribution >= 4 is 5.91 Å². The van der Waals surface area contributed by atoms with Gasteiger partial charge in [-0.2, -0.15) is 0 Å². The molecule has 0 aliphatic carbocycles. The number of aliphatic hydroxyl groups is 7. The maximum atomic E-state index is 13.1. The molecule has 8 N–H and O–H groups in total. The molecule has 1 rings (SSSR count). The molecule has 11 nitrogen and oxygen atoms in total. The van der Waals surface area contributed by atoms with Crippen molar-refractivity contribution in [3.8, 4) is 0 Å². The SMILES string of the molecule is CCCCCCCCC/C=C/CCCC(O)C(O)C(COC1OC(CO)C(O)C(O)C1O)NC(=O)C(O)CCCCCCCCCCCCCCCCCCCCCC. The summed E-state index contributed by atoms with van der Waals surface area (Å²) in [6.07, 6.45) is 29.8. The minimum absolute atomic E-state index is 0.259. The standard InChI is InChI=1S/C48H93NO10/c1-3-5-7-9-11-13-15-17-18-19-20-21-22-23-24-26-28-30-32-34-36-41(52)47(57)49-39(38-58-48-46(56)45(55)44(54)42(37-50)59-48)43(53)40(51)35-33-31-29-27-25-16-14-12-10-8-6-4-2/h27,29,39-46,48,50-56H,3-26,28,30-38H2,1-2H3,(H,49,57)/b29-27+. The first kappa shape index (κ1) is 55.9. The van der Waals surface area contributed by atoms with E-state index < -0.39 is 74.2 Å². The second-order valence-electron chi connectivity index (χ2n) is 17.5. The molecule has 9 unspecified atom stereocenters. The van der Waals surface area contributed by atoms with Crippen LogP contribution in [0.25, 0.3) is 0 Å². The predicted molar refractivity (Wildman–Crippen MR) is 238 cm³/mol. The molecule has 59 heavy (non-hydrogen) atoms. The fourth-order valence-electron chi connectivity index (χ4n) is 7.97. The minimum Gasteiger partial charge on any atom is -0.394 e. The summed E-state index contributed by atoms with van der Waals surface area (Å²) in [6, 6.07) is -1.18. The van der Waals surface area contributed by atoms with E-state index in [0.717, 1.165) is 38.5 Å². The van der Waals surface area contributed by atoms with Crippen LogP contribution < -0.4 is 5.32 Å². The van der Waals surface area contributed by atoms with Crippen molar-refractivity contribution in [2.45, 2.75) is 274 Å². The Bertz CT molecular complexity index is 970. The van der Waals surface area contributed by atoms with Crippen molar-refractivity contribution in [2.24, 2.45) is 0 Å². The van der Waals surface area contributed by atoms with E-state index in [-0.39, 0.29) is 12.8 Å². The molecule has 0 aromatic carbocycles. The smallest absolute Gasteiger partial charge is 0.249 e. The molecule has 350 valence electrons. The molecule has 1 heterocycles. The Hall–Kier alpha value is -1.15. The second-order valence-corrected chi connectivity index (χ2v) is 17.5. The van der Waals surface area contributed by atoms with Crippen LogP contribution in [-0.2, 0) is 14.3 Å². The van der Waals surface area contributed by atoms with Crippen LogP contribution in [0.5, 0.6) is 0 Å². The zero-order valence-electron chi connectivity index (χ0n) is 37.7. The number of carbonyl (C=O) groups excluding carboxylic acids is 1. The summed E-state index contributed by atoms with van der Waals surface area (Å²) >= 11 is 0. The first-order chi connectivity index (χ1) is 28.7. The summed E-state index contributed by atoms with van der Waals surface area (Å²) in [5.74, 6) is -0.704. The molecule has 1 aliphatic heterocycles. The molecule has 9 atom stereocenters. The molecule has 0 spiro atoms. The third kappa shape index (κ3) is 28.2. The summed E-state index contributed by atoms with van der Waals surface area (Å²) < 4.78 is 11.1. The van der Waals surface area contributed by atoms with Gasteiger partial charge in [0.1, 0.15) is 36.6 Å². The average Bonchev–Trinajstić information content (AvgIpc) is 3.23. The highest BCUT2D eigenvalue weighted by atomic mass is 16.7. The highest BCUT2D eigenvalue weighted by Crippen LogP contribution is 2.23. The van der Waals surface area contributed by atoms with Gasteiger partial charge in [0.05, 0.1) is 25.4 Å². The van der Waals surface area contributed by atoms with E-state index in [4.69, 9.17) is 9.47 Å². The van der Waals surface area contributed by atoms with Gasteiger partial charge in [0.25, 0.3) is 0 Å². The lowest BCUT2D eigenvalue weighted by Gasteiger charge is -2.40. The van der Waals surface area contributed by atoms with E-state index in [1.54, 1.807) is 0 Å². The molecule has 1 fully saturated rings. The zero-order chi connectivity index (χ0) is 43.4. The Balaban J connectivity index is 2.39. The lowest BCUT2D eigenvalue weighted by Crippen LogP contribution is -2.60. The quantitative estimate of drug-likeness (QED) is 0.0219. The highest BCUT2D eigenvalue weighted by Gasteiger charge is 2.44. The number of rotatable bonds is 41. The maximum Gasteiger partial charge on any atom is 0.249 e. The van der Waals surface area contributed by atoms with Gasteiger partial charge in [0, 0.05) is 0 Å². The number of carbonyl (C=O) groups is 1. The number of ether oxygens (including phenoxy) is 2. The minimum atomic E-state index is -1.66. The third-order valence-electron chi connectivity index (χ3n) is 12.1. The Morgan fingerprint density at radius 3 is 1.46 bits per heavy atom. The first-order valence-electron chi connectivity index (χ1n) is 24.6. The van der Waals surface area contributed by atoms with Gasteiger partial charge in [-0.15, -0.1) is 0 Å². The van der Waals surface area contributed by atoms with Crippen molar-refractivity contribution in [3.05, 3.63) is 12.2 Å². The van der Waals surface area contributed by atoms with Crippen LogP contribution in [0.3, 0.4) is 0 Å². The van der Waals surface area contributed by atoms with Gasteiger partial charge in [-0.05, 0) is 38.5 Å². The molecule has 0 radical (unpaired) electrons. The number of nitrogens with one attached hydrogen (secondary N) is 1. The van der Waals surface area contributed by atoms with Gasteiger partial charge < -0.3 is 50.5 Å². The molecule has 1 saturated heterocycles. The number of amides is 1. The van der Waals surface area contributed by atoms with E-state index in [1.807, 2.05) is 0 Å². The molecule has 0 saturated carbocycles. The van der Waals surface area contributed by atoms with Crippen molar-refractivity contribution < 1.29 is 50.0 Å². The molecule has 0 aromatic heterocycles. The van der Waals surface area contributed by atoms with Crippen molar-refractivity contribution in [3.63, 3.8) is 0 Å². The normalized spacial score (nSPS) is 21.8. The fraction of sp³-hybridized carbons (Fsp3) is 0.938. The van der Waals surface area contributed by atoms with Crippen LogP contribution in [0.4, 0.5) is 0 Å². The van der Waals surface area contributed by atoms with E-state index >= 15 is 0 Å². The van der Waals surface area contributed by atoms with Crippen LogP contribution >= 0.6 is 0 Å². The lowest BCUT2D eigenvalue weighted by atomic mass is 9.98. The van der Waals surface area contributed by atoms with Gasteiger partial charge in [0.2, 0.25) is 5.91 Å². The van der Waals surface area contributed by atoms with E-state index in [2.05, 4.69) is 31.3 Å². The topological polar surface area (TPSA) is 189 Å². The Morgan fingerprint density at radius 2 is 1.00 bits per heavy atom. The second kappa shape index (κ2) is 38.5. The number of hydrogen-bond acceptors (Lipinski definition) is 10. The number of aliphatic hydroxyl groups excluding tert-OH is 7. The molecular weight excluding hydrogens is 751 g/mol. The summed E-state index contributed by atoms with van der Waals surface area (Å²) in [6.45, 7) is 3.42. The van der Waals surface area contributed by atoms with Crippen LogP contribution in [0, 0.1) is 0 Å². The van der Waals surface area contributed by atoms with Gasteiger partial charge >= 0.3 is 0 Å². The fourth-order valence-corrected chi connectivity index (χ4v) is 7.97. The van der Waals surface area contributed by atoms with Crippen LogP contribution in [0.2, 0.25) is 0 Å². The Morgan fingerprint density at radius 1 is 0.576 bits per heavy atom. The van der Waals surface area contributed by atoms with Gasteiger partial charge in [0.15, 0.2) is 6.29 Å². The molecule has 1 aliphatic rings. The molecule has 1 amide bonds. The summed E-state index contributed by atoms with van der Waals surface area (Å²) in [5.41, 5.74) is 0. The number of allylic oxidation sites excluding steroid dienone is 2. The van der Waals surface area contributed by atoms with Crippen LogP contribution in [0.15, 0.2) is 12.2 Å². The van der Waals surface area contributed by atoms with E-state index in [9.17, 15) is 40.5 Å². The van der Waals surface area contributed by atoms with Gasteiger partial charge in [-0.1, -0.05) is 193 Å². The highest BCUT2D eigenvalue weighted by molar-refractivity contribution is 5.80. The van der Waals surface area contributed by atoms with Crippen LogP contribution in [-0.4, -0.2) is 110 Å². The molecule has 0 bridgehead atoms. The van der Waals surface area contributed by atoms with Crippen molar-refractivity contribution in [1.29, 1.82) is 0 Å². The molecule has 0 aromatic rings. The number of hydrogen-bond donors (Lipinski definition) is 8. The predicted octanol–water partition coefficient (Wildman–Crippen LogP) is 8.45. The first-order valence-corrected chi connectivity index (χ1v) is 24.6. The van der Waals surface area contributed by atoms with Gasteiger partial charge in [-0.3, -0.25) is 4.79 Å². The zero-order valence-corrected chi connectivity index (χ0v) is 37.7. The molecular formula is C48H93NO10. The summed E-state index contributed by atoms with van der Waals surface area (Å²) in [5, 5.41) is 75.6. The lowest BCUT2D eigenvalue weighted by molar-refractivity contribution is -0.303. The molecule has 11 heteroatoms.